The molecule has 0 aromatic heterocycles. The minimum Gasteiger partial charge on any atom is -0.389 e. The minimum absolute atomic E-state index is 0.0334. The normalized spacial score (nSPS) is 17.9. The fourth-order valence-electron chi connectivity index (χ4n) is 2.28. The zero-order chi connectivity index (χ0) is 14.4. The Balaban J connectivity index is 1.71. The molecule has 20 heavy (non-hydrogen) atoms. The van der Waals surface area contributed by atoms with Crippen molar-refractivity contribution in [2.24, 2.45) is 5.73 Å². The lowest BCUT2D eigenvalue weighted by Gasteiger charge is -2.10. The molecule has 1 amide bonds. The number of ether oxygens (including phenoxy) is 1. The van der Waals surface area contributed by atoms with Crippen LogP contribution in [0.3, 0.4) is 0 Å². The third kappa shape index (κ3) is 4.58. The smallest absolute Gasteiger partial charge is 0.224 e. The molecule has 1 atom stereocenters. The number of nitrogens with one attached hydrogen (secondary N) is 1. The average Bonchev–Trinajstić information content (AvgIpc) is 2.92. The van der Waals surface area contributed by atoms with Crippen molar-refractivity contribution in [3.05, 3.63) is 35.4 Å². The van der Waals surface area contributed by atoms with Crippen molar-refractivity contribution >= 4 is 23.1 Å². The topological polar surface area (TPSA) is 64.4 Å². The molecule has 0 saturated carbocycles. The van der Waals surface area contributed by atoms with Gasteiger partial charge in [0.05, 0.1) is 12.5 Å². The second kappa shape index (κ2) is 7.36. The van der Waals surface area contributed by atoms with E-state index < -0.39 is 0 Å². The van der Waals surface area contributed by atoms with E-state index in [4.69, 9.17) is 22.7 Å². The van der Waals surface area contributed by atoms with E-state index >= 15 is 0 Å². The summed E-state index contributed by atoms with van der Waals surface area (Å²) < 4.78 is 5.51. The highest BCUT2D eigenvalue weighted by Crippen LogP contribution is 2.14. The van der Waals surface area contributed by atoms with Crippen LogP contribution in [0.15, 0.2) is 24.3 Å². The Kier molecular flexibility index (Phi) is 5.49. The van der Waals surface area contributed by atoms with Crippen LogP contribution in [0.1, 0.15) is 30.4 Å². The van der Waals surface area contributed by atoms with Gasteiger partial charge in [0.2, 0.25) is 5.91 Å². The van der Waals surface area contributed by atoms with Crippen molar-refractivity contribution in [2.45, 2.75) is 31.8 Å². The Morgan fingerprint density at radius 1 is 1.40 bits per heavy atom. The number of amides is 1. The first-order valence-corrected chi connectivity index (χ1v) is 7.33. The fraction of sp³-hybridized carbons (Fsp3) is 0.467. The minimum atomic E-state index is 0.0334. The summed E-state index contributed by atoms with van der Waals surface area (Å²) in [5.41, 5.74) is 7.31. The number of carbonyl (C=O) groups excluding carboxylic acids is 1. The lowest BCUT2D eigenvalue weighted by Crippen LogP contribution is -2.28. The lowest BCUT2D eigenvalue weighted by atomic mass is 10.1. The predicted molar refractivity (Wildman–Crippen MR) is 82.6 cm³/mol. The van der Waals surface area contributed by atoms with Gasteiger partial charge in [-0.3, -0.25) is 4.79 Å². The van der Waals surface area contributed by atoms with E-state index in [0.29, 0.717) is 24.1 Å². The molecule has 1 saturated heterocycles. The first kappa shape index (κ1) is 14.9. The van der Waals surface area contributed by atoms with E-state index in [2.05, 4.69) is 5.32 Å². The van der Waals surface area contributed by atoms with Gasteiger partial charge in [-0.2, -0.15) is 0 Å². The zero-order valence-corrected chi connectivity index (χ0v) is 12.2. The van der Waals surface area contributed by atoms with Crippen LogP contribution in [0.5, 0.6) is 0 Å². The molecule has 1 aliphatic heterocycles. The van der Waals surface area contributed by atoms with E-state index in [1.165, 1.54) is 0 Å². The maximum atomic E-state index is 11.8. The second-order valence-electron chi connectivity index (χ2n) is 5.01. The Labute approximate surface area is 124 Å². The van der Waals surface area contributed by atoms with Crippen LogP contribution in [-0.2, 0) is 16.0 Å². The number of hydrogen-bond acceptors (Lipinski definition) is 3. The summed E-state index contributed by atoms with van der Waals surface area (Å²) in [6, 6.07) is 7.46. The number of nitrogens with two attached hydrogens (primary N) is 1. The highest BCUT2D eigenvalue weighted by Gasteiger charge is 2.15. The molecular weight excluding hydrogens is 272 g/mol. The van der Waals surface area contributed by atoms with Gasteiger partial charge in [0, 0.05) is 18.7 Å². The molecule has 1 aromatic carbocycles. The van der Waals surface area contributed by atoms with Crippen LogP contribution in [0.4, 0.5) is 0 Å². The summed E-state index contributed by atoms with van der Waals surface area (Å²) >= 11 is 4.89. The Morgan fingerprint density at radius 2 is 2.15 bits per heavy atom. The molecule has 2 rings (SSSR count). The molecule has 1 aromatic rings. The maximum absolute atomic E-state index is 11.8. The van der Waals surface area contributed by atoms with Gasteiger partial charge in [-0.15, -0.1) is 0 Å². The van der Waals surface area contributed by atoms with Crippen LogP contribution in [-0.4, -0.2) is 30.2 Å². The van der Waals surface area contributed by atoms with Gasteiger partial charge >= 0.3 is 0 Å². The van der Waals surface area contributed by atoms with E-state index in [1.54, 1.807) is 0 Å². The van der Waals surface area contributed by atoms with Crippen molar-refractivity contribution in [1.82, 2.24) is 5.32 Å². The van der Waals surface area contributed by atoms with Crippen LogP contribution < -0.4 is 11.1 Å². The predicted octanol–water partition coefficient (Wildman–Crippen LogP) is 1.55. The Bertz CT molecular complexity index is 467. The molecular formula is C15H20N2O2S. The van der Waals surface area contributed by atoms with Gasteiger partial charge in [-0.1, -0.05) is 36.5 Å². The van der Waals surface area contributed by atoms with Crippen molar-refractivity contribution in [1.29, 1.82) is 0 Å². The highest BCUT2D eigenvalue weighted by atomic mass is 32.1. The molecule has 0 spiro atoms. The number of rotatable bonds is 6. The molecule has 0 radical (unpaired) electrons. The van der Waals surface area contributed by atoms with Crippen molar-refractivity contribution < 1.29 is 9.53 Å². The maximum Gasteiger partial charge on any atom is 0.224 e. The van der Waals surface area contributed by atoms with Gasteiger partial charge in [-0.05, 0) is 24.8 Å². The SMILES string of the molecule is NC(=S)c1ccc(CC(=O)NCCC2CCCO2)cc1. The van der Waals surface area contributed by atoms with Gasteiger partial charge in [0.15, 0.2) is 0 Å². The molecule has 3 N–H and O–H groups in total. The summed E-state index contributed by atoms with van der Waals surface area (Å²) in [5.74, 6) is 0.0334. The lowest BCUT2D eigenvalue weighted by molar-refractivity contribution is -0.120. The van der Waals surface area contributed by atoms with Crippen LogP contribution in [0.25, 0.3) is 0 Å². The van der Waals surface area contributed by atoms with E-state index in [9.17, 15) is 4.79 Å². The van der Waals surface area contributed by atoms with Crippen molar-refractivity contribution in [2.75, 3.05) is 13.2 Å². The Morgan fingerprint density at radius 3 is 2.75 bits per heavy atom. The van der Waals surface area contributed by atoms with Crippen LogP contribution in [0.2, 0.25) is 0 Å². The molecule has 1 aliphatic rings. The Hall–Kier alpha value is -1.46. The summed E-state index contributed by atoms with van der Waals surface area (Å²) in [5, 5.41) is 2.93. The molecule has 108 valence electrons. The van der Waals surface area contributed by atoms with Gasteiger partial charge in [0.25, 0.3) is 0 Å². The van der Waals surface area contributed by atoms with Gasteiger partial charge < -0.3 is 15.8 Å². The van der Waals surface area contributed by atoms with E-state index in [-0.39, 0.29) is 5.91 Å². The summed E-state index contributed by atoms with van der Waals surface area (Å²) in [6.07, 6.45) is 3.83. The monoisotopic (exact) mass is 292 g/mol. The van der Waals surface area contributed by atoms with Crippen LogP contribution >= 0.6 is 12.2 Å². The molecule has 1 unspecified atom stereocenters. The second-order valence-corrected chi connectivity index (χ2v) is 5.45. The average molecular weight is 292 g/mol. The zero-order valence-electron chi connectivity index (χ0n) is 11.4. The fourth-order valence-corrected chi connectivity index (χ4v) is 2.42. The number of carbonyl (C=O) groups is 1. The largest absolute Gasteiger partial charge is 0.389 e. The van der Waals surface area contributed by atoms with Gasteiger partial charge in [-0.25, -0.2) is 0 Å². The van der Waals surface area contributed by atoms with E-state index in [1.807, 2.05) is 24.3 Å². The molecule has 1 fully saturated rings. The number of benzene rings is 1. The summed E-state index contributed by atoms with van der Waals surface area (Å²) in [6.45, 7) is 1.53. The quantitative estimate of drug-likeness (QED) is 0.781. The third-order valence-corrected chi connectivity index (χ3v) is 3.65. The van der Waals surface area contributed by atoms with Crippen LogP contribution in [0, 0.1) is 0 Å². The number of thiocarbonyl (C=S) groups is 1. The molecule has 4 nitrogen and oxygen atoms in total. The van der Waals surface area contributed by atoms with Crippen molar-refractivity contribution in [3.8, 4) is 0 Å². The highest BCUT2D eigenvalue weighted by molar-refractivity contribution is 7.80. The third-order valence-electron chi connectivity index (χ3n) is 3.42. The first-order chi connectivity index (χ1) is 9.65. The van der Waals surface area contributed by atoms with Gasteiger partial charge in [0.1, 0.15) is 4.99 Å². The molecule has 0 bridgehead atoms. The molecule has 1 heterocycles. The molecule has 0 aliphatic carbocycles. The molecule has 5 heteroatoms. The van der Waals surface area contributed by atoms with E-state index in [0.717, 1.165) is 37.0 Å². The summed E-state index contributed by atoms with van der Waals surface area (Å²) in [4.78, 5) is 12.2. The summed E-state index contributed by atoms with van der Waals surface area (Å²) in [7, 11) is 0. The van der Waals surface area contributed by atoms with Crippen molar-refractivity contribution in [3.63, 3.8) is 0 Å². The standard InChI is InChI=1S/C15H20N2O2S/c16-15(20)12-5-3-11(4-6-12)10-14(18)17-8-7-13-2-1-9-19-13/h3-6,13H,1-2,7-10H2,(H2,16,20)(H,17,18). The first-order valence-electron chi connectivity index (χ1n) is 6.92. The number of hydrogen-bond donors (Lipinski definition) is 2.